The molecule has 0 aliphatic carbocycles. The fraction of sp³-hybridized carbons (Fsp3) is 0.611. The third-order valence-electron chi connectivity index (χ3n) is 4.36. The van der Waals surface area contributed by atoms with Gasteiger partial charge in [-0.1, -0.05) is 18.6 Å². The number of benzene rings is 1. The number of carbonyl (C=O) groups excluding carboxylic acids is 1. The first-order valence-electron chi connectivity index (χ1n) is 8.47. The lowest BCUT2D eigenvalue weighted by Gasteiger charge is -2.34. The van der Waals surface area contributed by atoms with E-state index >= 15 is 0 Å². The molecule has 0 spiro atoms. The van der Waals surface area contributed by atoms with Gasteiger partial charge in [0.25, 0.3) is 5.91 Å². The van der Waals surface area contributed by atoms with Crippen LogP contribution in [0.1, 0.15) is 35.2 Å². The van der Waals surface area contributed by atoms with Crippen molar-refractivity contribution in [1.29, 1.82) is 0 Å². The van der Waals surface area contributed by atoms with E-state index < -0.39 is 0 Å². The maximum Gasteiger partial charge on any atom is 0.251 e. The number of piperidine rings is 1. The number of hydrogen-bond donors (Lipinski definition) is 2. The number of aliphatic hydroxyl groups excluding tert-OH is 1. The zero-order chi connectivity index (χ0) is 16.7. The molecular formula is C18H29N3O2. The van der Waals surface area contributed by atoms with Crippen LogP contribution in [0.5, 0.6) is 0 Å². The van der Waals surface area contributed by atoms with E-state index in [0.717, 1.165) is 26.1 Å². The minimum absolute atomic E-state index is 0.0287. The van der Waals surface area contributed by atoms with Crippen LogP contribution in [0.25, 0.3) is 0 Å². The van der Waals surface area contributed by atoms with Gasteiger partial charge in [-0.05, 0) is 51.2 Å². The van der Waals surface area contributed by atoms with Crippen molar-refractivity contribution < 1.29 is 9.90 Å². The maximum atomic E-state index is 12.2. The molecule has 23 heavy (non-hydrogen) atoms. The van der Waals surface area contributed by atoms with E-state index in [1.807, 2.05) is 38.4 Å². The summed E-state index contributed by atoms with van der Waals surface area (Å²) in [5.74, 6) is -0.0287. The van der Waals surface area contributed by atoms with Crippen molar-refractivity contribution in [3.8, 4) is 0 Å². The summed E-state index contributed by atoms with van der Waals surface area (Å²) in [5.41, 5.74) is 1.90. The van der Waals surface area contributed by atoms with Crippen LogP contribution in [0.2, 0.25) is 0 Å². The summed E-state index contributed by atoms with van der Waals surface area (Å²) in [6, 6.07) is 8.02. The molecule has 2 rings (SSSR count). The number of nitrogens with one attached hydrogen (secondary N) is 1. The standard InChI is InChI=1S/C18H29N3O2/c1-20(2)13-15-6-8-16(9-7-15)18(23)19-10-12-21-11-4-3-5-17(21)14-22/h6-9,17,22H,3-5,10-14H2,1-2H3,(H,19,23)/t17-/m0/s1. The van der Waals surface area contributed by atoms with Crippen molar-refractivity contribution in [2.24, 2.45) is 0 Å². The first-order chi connectivity index (χ1) is 11.1. The van der Waals surface area contributed by atoms with Crippen LogP contribution in [0.15, 0.2) is 24.3 Å². The molecule has 128 valence electrons. The number of nitrogens with zero attached hydrogens (tertiary/aromatic N) is 2. The van der Waals surface area contributed by atoms with Crippen LogP contribution in [0.3, 0.4) is 0 Å². The minimum atomic E-state index is -0.0287. The van der Waals surface area contributed by atoms with Crippen molar-refractivity contribution in [2.45, 2.75) is 31.8 Å². The van der Waals surface area contributed by atoms with Crippen LogP contribution in [-0.4, -0.2) is 67.2 Å². The van der Waals surface area contributed by atoms with Crippen molar-refractivity contribution >= 4 is 5.91 Å². The zero-order valence-corrected chi connectivity index (χ0v) is 14.3. The molecule has 1 aromatic rings. The van der Waals surface area contributed by atoms with Crippen molar-refractivity contribution in [3.05, 3.63) is 35.4 Å². The molecule has 1 fully saturated rings. The quantitative estimate of drug-likeness (QED) is 0.796. The molecule has 0 bridgehead atoms. The zero-order valence-electron chi connectivity index (χ0n) is 14.3. The van der Waals surface area contributed by atoms with Crippen LogP contribution < -0.4 is 5.32 Å². The molecule has 1 atom stereocenters. The Morgan fingerprint density at radius 1 is 1.30 bits per heavy atom. The molecule has 1 aromatic carbocycles. The van der Waals surface area contributed by atoms with Crippen LogP contribution in [0.4, 0.5) is 0 Å². The largest absolute Gasteiger partial charge is 0.395 e. The van der Waals surface area contributed by atoms with Crippen LogP contribution in [0, 0.1) is 0 Å². The van der Waals surface area contributed by atoms with Crippen molar-refractivity contribution in [2.75, 3.05) is 40.3 Å². The van der Waals surface area contributed by atoms with E-state index in [1.165, 1.54) is 18.4 Å². The predicted molar refractivity (Wildman–Crippen MR) is 92.5 cm³/mol. The van der Waals surface area contributed by atoms with E-state index in [0.29, 0.717) is 12.1 Å². The average molecular weight is 319 g/mol. The molecule has 2 N–H and O–H groups in total. The van der Waals surface area contributed by atoms with E-state index in [1.54, 1.807) is 0 Å². The van der Waals surface area contributed by atoms with Gasteiger partial charge in [0.15, 0.2) is 0 Å². The Kier molecular flexibility index (Phi) is 7.02. The Morgan fingerprint density at radius 2 is 2.04 bits per heavy atom. The smallest absolute Gasteiger partial charge is 0.251 e. The second-order valence-corrected chi connectivity index (χ2v) is 6.56. The van der Waals surface area contributed by atoms with Crippen LogP contribution in [-0.2, 0) is 6.54 Å². The summed E-state index contributed by atoms with van der Waals surface area (Å²) < 4.78 is 0. The molecule has 0 saturated carbocycles. The van der Waals surface area contributed by atoms with Gasteiger partial charge in [-0.25, -0.2) is 0 Å². The molecule has 1 amide bonds. The fourth-order valence-corrected chi connectivity index (χ4v) is 3.10. The molecule has 1 aliphatic heterocycles. The lowest BCUT2D eigenvalue weighted by atomic mass is 10.0. The Hall–Kier alpha value is -1.43. The highest BCUT2D eigenvalue weighted by molar-refractivity contribution is 5.94. The average Bonchev–Trinajstić information content (AvgIpc) is 2.55. The molecule has 5 nitrogen and oxygen atoms in total. The third-order valence-corrected chi connectivity index (χ3v) is 4.36. The molecular weight excluding hydrogens is 290 g/mol. The number of amides is 1. The second-order valence-electron chi connectivity index (χ2n) is 6.56. The summed E-state index contributed by atoms with van der Waals surface area (Å²) in [6.45, 7) is 3.52. The highest BCUT2D eigenvalue weighted by atomic mass is 16.3. The number of likely N-dealkylation sites (tertiary alicyclic amines) is 1. The number of aliphatic hydroxyl groups is 1. The predicted octanol–water partition coefficient (Wildman–Crippen LogP) is 1.32. The van der Waals surface area contributed by atoms with E-state index in [-0.39, 0.29) is 18.6 Å². The fourth-order valence-electron chi connectivity index (χ4n) is 3.10. The molecule has 5 heteroatoms. The molecule has 1 heterocycles. The lowest BCUT2D eigenvalue weighted by Crippen LogP contribution is -2.45. The SMILES string of the molecule is CN(C)Cc1ccc(C(=O)NCCN2CCCC[C@H]2CO)cc1. The molecule has 0 radical (unpaired) electrons. The van der Waals surface area contributed by atoms with E-state index in [4.69, 9.17) is 0 Å². The Labute approximate surface area is 139 Å². The summed E-state index contributed by atoms with van der Waals surface area (Å²) in [4.78, 5) is 16.6. The van der Waals surface area contributed by atoms with E-state index in [2.05, 4.69) is 15.1 Å². The van der Waals surface area contributed by atoms with Gasteiger partial charge in [0.05, 0.1) is 6.61 Å². The van der Waals surface area contributed by atoms with Crippen LogP contribution >= 0.6 is 0 Å². The summed E-state index contributed by atoms with van der Waals surface area (Å²) in [5, 5.41) is 12.4. The highest BCUT2D eigenvalue weighted by Gasteiger charge is 2.21. The monoisotopic (exact) mass is 319 g/mol. The van der Waals surface area contributed by atoms with Gasteiger partial charge in [-0.2, -0.15) is 0 Å². The van der Waals surface area contributed by atoms with Gasteiger partial charge in [-0.3, -0.25) is 9.69 Å². The van der Waals surface area contributed by atoms with Gasteiger partial charge in [0.2, 0.25) is 0 Å². The van der Waals surface area contributed by atoms with Gasteiger partial charge in [0.1, 0.15) is 0 Å². The number of carbonyl (C=O) groups is 1. The number of hydrogen-bond acceptors (Lipinski definition) is 4. The lowest BCUT2D eigenvalue weighted by molar-refractivity contribution is 0.0849. The summed E-state index contributed by atoms with van der Waals surface area (Å²) >= 11 is 0. The Morgan fingerprint density at radius 3 is 2.70 bits per heavy atom. The molecule has 1 saturated heterocycles. The second kappa shape index (κ2) is 9.01. The normalized spacial score (nSPS) is 19.0. The van der Waals surface area contributed by atoms with E-state index in [9.17, 15) is 9.90 Å². The summed E-state index contributed by atoms with van der Waals surface area (Å²) in [7, 11) is 4.06. The summed E-state index contributed by atoms with van der Waals surface area (Å²) in [6.07, 6.45) is 3.42. The third kappa shape index (κ3) is 5.61. The number of rotatable bonds is 7. The first-order valence-corrected chi connectivity index (χ1v) is 8.47. The van der Waals surface area contributed by atoms with Gasteiger partial charge < -0.3 is 15.3 Å². The van der Waals surface area contributed by atoms with Gasteiger partial charge >= 0.3 is 0 Å². The Balaban J connectivity index is 1.78. The first kappa shape index (κ1) is 17.9. The van der Waals surface area contributed by atoms with Gasteiger partial charge in [-0.15, -0.1) is 0 Å². The molecule has 0 unspecified atom stereocenters. The topological polar surface area (TPSA) is 55.8 Å². The Bertz CT molecular complexity index is 488. The molecule has 1 aliphatic rings. The molecule has 0 aromatic heterocycles. The maximum absolute atomic E-state index is 12.2. The van der Waals surface area contributed by atoms with Crippen molar-refractivity contribution in [3.63, 3.8) is 0 Å². The van der Waals surface area contributed by atoms with Gasteiger partial charge in [0, 0.05) is 31.2 Å². The van der Waals surface area contributed by atoms with Crippen molar-refractivity contribution in [1.82, 2.24) is 15.1 Å². The minimum Gasteiger partial charge on any atom is -0.395 e. The highest BCUT2D eigenvalue weighted by Crippen LogP contribution is 2.15.